The molecule has 1 unspecified atom stereocenters. The molecule has 0 radical (unpaired) electrons. The van der Waals surface area contributed by atoms with Gasteiger partial charge in [0, 0.05) is 11.5 Å². The van der Waals surface area contributed by atoms with Gasteiger partial charge in [-0.2, -0.15) is 0 Å². The van der Waals surface area contributed by atoms with Crippen molar-refractivity contribution in [2.45, 2.75) is 26.2 Å². The molecule has 2 rings (SSSR count). The Morgan fingerprint density at radius 1 is 1.44 bits per heavy atom. The van der Waals surface area contributed by atoms with E-state index in [4.69, 9.17) is 5.73 Å². The van der Waals surface area contributed by atoms with Gasteiger partial charge in [-0.05, 0) is 31.5 Å². The van der Waals surface area contributed by atoms with E-state index in [9.17, 15) is 4.39 Å². The normalized spacial score (nSPS) is 12.7. The summed E-state index contributed by atoms with van der Waals surface area (Å²) in [6, 6.07) is 5.19. The number of hydrogen-bond donors (Lipinski definition) is 2. The van der Waals surface area contributed by atoms with Gasteiger partial charge in [0.2, 0.25) is 0 Å². The molecule has 1 heterocycles. The van der Waals surface area contributed by atoms with Crippen molar-refractivity contribution in [3.8, 4) is 11.3 Å². The third kappa shape index (κ3) is 2.59. The summed E-state index contributed by atoms with van der Waals surface area (Å²) in [5.41, 5.74) is 7.84. The topological polar surface area (TPSA) is 54.7 Å². The zero-order valence-electron chi connectivity index (χ0n) is 10.7. The fourth-order valence-corrected chi connectivity index (χ4v) is 1.88. The highest BCUT2D eigenvalue weighted by molar-refractivity contribution is 5.59. The third-order valence-corrected chi connectivity index (χ3v) is 3.14. The van der Waals surface area contributed by atoms with Gasteiger partial charge in [-0.1, -0.05) is 19.1 Å². The van der Waals surface area contributed by atoms with E-state index in [2.05, 4.69) is 16.9 Å². The Morgan fingerprint density at radius 3 is 2.89 bits per heavy atom. The van der Waals surface area contributed by atoms with Crippen LogP contribution in [0.5, 0.6) is 0 Å². The predicted octanol–water partition coefficient (Wildman–Crippen LogP) is 2.98. The van der Waals surface area contributed by atoms with Crippen molar-refractivity contribution in [3.63, 3.8) is 0 Å². The van der Waals surface area contributed by atoms with Gasteiger partial charge < -0.3 is 10.7 Å². The average molecular weight is 247 g/mol. The lowest BCUT2D eigenvalue weighted by Crippen LogP contribution is -2.05. The summed E-state index contributed by atoms with van der Waals surface area (Å²) in [7, 11) is 0. The summed E-state index contributed by atoms with van der Waals surface area (Å²) in [4.78, 5) is 7.56. The van der Waals surface area contributed by atoms with Crippen LogP contribution in [0.4, 0.5) is 4.39 Å². The molecular formula is C14H18FN3. The van der Waals surface area contributed by atoms with Crippen LogP contribution >= 0.6 is 0 Å². The van der Waals surface area contributed by atoms with E-state index in [1.54, 1.807) is 19.2 Å². The van der Waals surface area contributed by atoms with E-state index < -0.39 is 0 Å². The number of imidazole rings is 1. The number of halogens is 1. The lowest BCUT2D eigenvalue weighted by Gasteiger charge is -2.05. The van der Waals surface area contributed by atoms with Crippen molar-refractivity contribution in [2.24, 2.45) is 5.73 Å². The molecule has 0 spiro atoms. The molecule has 96 valence electrons. The smallest absolute Gasteiger partial charge is 0.126 e. The first-order valence-corrected chi connectivity index (χ1v) is 6.13. The Morgan fingerprint density at radius 2 is 2.22 bits per heavy atom. The number of hydrogen-bond acceptors (Lipinski definition) is 2. The molecule has 1 atom stereocenters. The summed E-state index contributed by atoms with van der Waals surface area (Å²) < 4.78 is 13.5. The second-order valence-corrected chi connectivity index (χ2v) is 4.62. The summed E-state index contributed by atoms with van der Waals surface area (Å²) in [6.45, 7) is 4.46. The molecule has 0 amide bonds. The predicted molar refractivity (Wildman–Crippen MR) is 70.8 cm³/mol. The molecule has 1 aromatic carbocycles. The van der Waals surface area contributed by atoms with E-state index in [1.165, 1.54) is 6.07 Å². The number of aryl methyl sites for hydroxylation is 1. The van der Waals surface area contributed by atoms with E-state index >= 15 is 0 Å². The van der Waals surface area contributed by atoms with Crippen molar-refractivity contribution < 1.29 is 4.39 Å². The minimum atomic E-state index is -0.196. The summed E-state index contributed by atoms with van der Waals surface area (Å²) >= 11 is 0. The standard InChI is InChI=1S/C14H18FN3/c1-9-3-4-11(7-12(9)15)13-8-17-14(18-13)10(2)5-6-16/h3-4,7-8,10H,5-6,16H2,1-2H3,(H,17,18). The van der Waals surface area contributed by atoms with Crippen LogP contribution in [0.1, 0.15) is 30.7 Å². The summed E-state index contributed by atoms with van der Waals surface area (Å²) in [5.74, 6) is 0.995. The maximum absolute atomic E-state index is 13.5. The molecular weight excluding hydrogens is 229 g/mol. The first-order chi connectivity index (χ1) is 8.61. The maximum Gasteiger partial charge on any atom is 0.126 e. The Bertz CT molecular complexity index is 534. The van der Waals surface area contributed by atoms with Crippen molar-refractivity contribution in [1.29, 1.82) is 0 Å². The molecule has 18 heavy (non-hydrogen) atoms. The maximum atomic E-state index is 13.5. The fraction of sp³-hybridized carbons (Fsp3) is 0.357. The molecule has 3 nitrogen and oxygen atoms in total. The molecule has 3 N–H and O–H groups in total. The fourth-order valence-electron chi connectivity index (χ4n) is 1.88. The second kappa shape index (κ2) is 5.31. The zero-order chi connectivity index (χ0) is 13.1. The van der Waals surface area contributed by atoms with Gasteiger partial charge in [0.1, 0.15) is 11.6 Å². The number of rotatable bonds is 4. The summed E-state index contributed by atoms with van der Waals surface area (Å²) in [6.07, 6.45) is 2.63. The van der Waals surface area contributed by atoms with Gasteiger partial charge in [-0.3, -0.25) is 0 Å². The Kier molecular flexibility index (Phi) is 3.77. The van der Waals surface area contributed by atoms with Gasteiger partial charge >= 0.3 is 0 Å². The van der Waals surface area contributed by atoms with Crippen LogP contribution in [-0.2, 0) is 0 Å². The largest absolute Gasteiger partial charge is 0.342 e. The molecule has 0 saturated carbocycles. The van der Waals surface area contributed by atoms with Crippen molar-refractivity contribution >= 4 is 0 Å². The van der Waals surface area contributed by atoms with Crippen LogP contribution < -0.4 is 5.73 Å². The molecule has 0 aliphatic heterocycles. The molecule has 0 bridgehead atoms. The Labute approximate surface area is 106 Å². The number of nitrogens with zero attached hydrogens (tertiary/aromatic N) is 1. The van der Waals surface area contributed by atoms with E-state index in [0.717, 1.165) is 23.5 Å². The van der Waals surface area contributed by atoms with Crippen LogP contribution in [0.25, 0.3) is 11.3 Å². The van der Waals surface area contributed by atoms with Gasteiger partial charge in [0.15, 0.2) is 0 Å². The second-order valence-electron chi connectivity index (χ2n) is 4.62. The van der Waals surface area contributed by atoms with Crippen LogP contribution in [0.15, 0.2) is 24.4 Å². The van der Waals surface area contributed by atoms with Gasteiger partial charge in [-0.25, -0.2) is 9.37 Å². The van der Waals surface area contributed by atoms with Crippen molar-refractivity contribution in [3.05, 3.63) is 41.6 Å². The third-order valence-electron chi connectivity index (χ3n) is 3.14. The molecule has 2 aromatic rings. The highest BCUT2D eigenvalue weighted by Gasteiger charge is 2.10. The van der Waals surface area contributed by atoms with Crippen molar-refractivity contribution in [1.82, 2.24) is 9.97 Å². The van der Waals surface area contributed by atoms with Gasteiger partial charge in [0.05, 0.1) is 11.9 Å². The van der Waals surface area contributed by atoms with Gasteiger partial charge in [0.25, 0.3) is 0 Å². The van der Waals surface area contributed by atoms with Gasteiger partial charge in [-0.15, -0.1) is 0 Å². The molecule has 0 fully saturated rings. The highest BCUT2D eigenvalue weighted by Crippen LogP contribution is 2.23. The monoisotopic (exact) mass is 247 g/mol. The van der Waals surface area contributed by atoms with E-state index in [0.29, 0.717) is 18.0 Å². The number of aromatic nitrogens is 2. The van der Waals surface area contributed by atoms with E-state index in [1.807, 2.05) is 6.07 Å². The minimum absolute atomic E-state index is 0.196. The lowest BCUT2D eigenvalue weighted by atomic mass is 10.1. The Balaban J connectivity index is 2.26. The molecule has 0 saturated heterocycles. The minimum Gasteiger partial charge on any atom is -0.342 e. The number of benzene rings is 1. The molecule has 4 heteroatoms. The SMILES string of the molecule is Cc1ccc(-c2cnc(C(C)CCN)[nH]2)cc1F. The van der Waals surface area contributed by atoms with Crippen molar-refractivity contribution in [2.75, 3.05) is 6.54 Å². The number of nitrogens with two attached hydrogens (primary N) is 1. The Hall–Kier alpha value is -1.68. The molecule has 0 aliphatic rings. The van der Waals surface area contributed by atoms with Crippen LogP contribution in [0, 0.1) is 12.7 Å². The molecule has 1 aromatic heterocycles. The lowest BCUT2D eigenvalue weighted by molar-refractivity contribution is 0.619. The highest BCUT2D eigenvalue weighted by atomic mass is 19.1. The average Bonchev–Trinajstić information content (AvgIpc) is 2.82. The molecule has 0 aliphatic carbocycles. The number of aromatic amines is 1. The zero-order valence-corrected chi connectivity index (χ0v) is 10.7. The number of H-pyrrole nitrogens is 1. The van der Waals surface area contributed by atoms with Crippen LogP contribution in [0.2, 0.25) is 0 Å². The van der Waals surface area contributed by atoms with E-state index in [-0.39, 0.29) is 5.82 Å². The first kappa shape index (κ1) is 12.8. The summed E-state index contributed by atoms with van der Waals surface area (Å²) in [5, 5.41) is 0. The van der Waals surface area contributed by atoms with Crippen LogP contribution in [-0.4, -0.2) is 16.5 Å². The van der Waals surface area contributed by atoms with Crippen LogP contribution in [0.3, 0.4) is 0 Å². The first-order valence-electron chi connectivity index (χ1n) is 6.13. The quantitative estimate of drug-likeness (QED) is 0.872. The number of nitrogens with one attached hydrogen (secondary N) is 1.